The first-order valence-electron chi connectivity index (χ1n) is 20.1. The molecule has 0 N–H and O–H groups in total. The Morgan fingerprint density at radius 3 is 1.63 bits per heavy atom. The molecule has 282 valence electrons. The van der Waals surface area contributed by atoms with E-state index in [0.29, 0.717) is 29.9 Å². The lowest BCUT2D eigenvalue weighted by Gasteiger charge is -2.15. The molecule has 0 fully saturated rings. The maximum absolute atomic E-state index is 6.43. The van der Waals surface area contributed by atoms with Crippen molar-refractivity contribution in [1.82, 2.24) is 29.1 Å². The van der Waals surface area contributed by atoms with Crippen LogP contribution in [0.5, 0.6) is 0 Å². The van der Waals surface area contributed by atoms with Crippen LogP contribution in [0.15, 0.2) is 199 Å². The molecule has 0 aliphatic heterocycles. The third-order valence-electron chi connectivity index (χ3n) is 11.4. The molecule has 12 rings (SSSR count). The SMILES string of the molecule is c1ccc(-c2cc(-c3nc4ccccc4o3)cc(-n3c4ccccc4c4ccc5c6ccccc6n(Cc6nc(-c7ccccc7)nc(-c7ccccc7)n6)c5c43)c2)cc1. The molecule has 0 saturated carbocycles. The molecule has 8 aromatic carbocycles. The van der Waals surface area contributed by atoms with Gasteiger partial charge in [-0.15, -0.1) is 0 Å². The average Bonchev–Trinajstić information content (AvgIpc) is 4.00. The second kappa shape index (κ2) is 13.7. The van der Waals surface area contributed by atoms with E-state index in [1.165, 1.54) is 0 Å². The third-order valence-corrected chi connectivity index (χ3v) is 11.4. The zero-order chi connectivity index (χ0) is 39.6. The van der Waals surface area contributed by atoms with E-state index in [9.17, 15) is 0 Å². The molecule has 0 aliphatic carbocycles. The van der Waals surface area contributed by atoms with E-state index in [1.54, 1.807) is 0 Å². The van der Waals surface area contributed by atoms with Crippen LogP contribution in [0.3, 0.4) is 0 Å². The summed E-state index contributed by atoms with van der Waals surface area (Å²) in [5, 5.41) is 4.64. The lowest BCUT2D eigenvalue weighted by atomic mass is 10.0. The van der Waals surface area contributed by atoms with E-state index < -0.39 is 0 Å². The van der Waals surface area contributed by atoms with Crippen LogP contribution < -0.4 is 0 Å². The van der Waals surface area contributed by atoms with Gasteiger partial charge >= 0.3 is 0 Å². The highest BCUT2D eigenvalue weighted by molar-refractivity contribution is 6.23. The summed E-state index contributed by atoms with van der Waals surface area (Å²) < 4.78 is 11.2. The number of hydrogen-bond donors (Lipinski definition) is 0. The van der Waals surface area contributed by atoms with Crippen LogP contribution >= 0.6 is 0 Å². The number of rotatable bonds is 7. The Balaban J connectivity index is 1.15. The monoisotopic (exact) mass is 770 g/mol. The maximum atomic E-state index is 6.43. The number of benzene rings is 8. The Bertz CT molecular complexity index is 3480. The van der Waals surface area contributed by atoms with Gasteiger partial charge < -0.3 is 13.6 Å². The van der Waals surface area contributed by atoms with E-state index in [-0.39, 0.29) is 0 Å². The Morgan fingerprint density at radius 1 is 0.400 bits per heavy atom. The summed E-state index contributed by atoms with van der Waals surface area (Å²) in [5.41, 5.74) is 11.9. The number of hydrogen-bond acceptors (Lipinski definition) is 5. The Morgan fingerprint density at radius 2 is 0.950 bits per heavy atom. The van der Waals surface area contributed by atoms with Crippen molar-refractivity contribution in [2.75, 3.05) is 0 Å². The van der Waals surface area contributed by atoms with Gasteiger partial charge in [-0.05, 0) is 53.6 Å². The highest BCUT2D eigenvalue weighted by Crippen LogP contribution is 2.42. The fourth-order valence-corrected chi connectivity index (χ4v) is 8.74. The lowest BCUT2D eigenvalue weighted by Crippen LogP contribution is -2.09. The number of fused-ring (bicyclic) bond motifs is 8. The second-order valence-electron chi connectivity index (χ2n) is 15.1. The minimum absolute atomic E-state index is 0.422. The normalized spacial score (nSPS) is 11.7. The highest BCUT2D eigenvalue weighted by Gasteiger charge is 2.23. The van der Waals surface area contributed by atoms with Crippen LogP contribution in [0, 0.1) is 0 Å². The van der Waals surface area contributed by atoms with Gasteiger partial charge in [0.25, 0.3) is 0 Å². The zero-order valence-corrected chi connectivity index (χ0v) is 32.3. The van der Waals surface area contributed by atoms with Gasteiger partial charge in [0, 0.05) is 49.4 Å². The molecule has 0 amide bonds. The first-order valence-corrected chi connectivity index (χ1v) is 20.1. The predicted molar refractivity (Wildman–Crippen MR) is 242 cm³/mol. The average molecular weight is 771 g/mol. The molecule has 0 radical (unpaired) electrons. The number of para-hydroxylation sites is 4. The van der Waals surface area contributed by atoms with Crippen LogP contribution in [0.1, 0.15) is 5.82 Å². The van der Waals surface area contributed by atoms with Crippen molar-refractivity contribution in [2.45, 2.75) is 6.54 Å². The van der Waals surface area contributed by atoms with Crippen LogP contribution in [-0.2, 0) is 6.54 Å². The van der Waals surface area contributed by atoms with Crippen molar-refractivity contribution in [2.24, 2.45) is 0 Å². The van der Waals surface area contributed by atoms with Gasteiger partial charge in [-0.25, -0.2) is 19.9 Å². The Labute approximate surface area is 344 Å². The Hall–Kier alpha value is -8.16. The largest absolute Gasteiger partial charge is 0.436 e. The molecular weight excluding hydrogens is 737 g/mol. The molecule has 7 nitrogen and oxygen atoms in total. The topological polar surface area (TPSA) is 74.6 Å². The maximum Gasteiger partial charge on any atom is 0.227 e. The van der Waals surface area contributed by atoms with Gasteiger partial charge in [0.15, 0.2) is 23.1 Å². The van der Waals surface area contributed by atoms with Gasteiger partial charge in [-0.3, -0.25) is 0 Å². The fraction of sp³-hybridized carbons (Fsp3) is 0.0189. The van der Waals surface area contributed by atoms with Crippen molar-refractivity contribution >= 4 is 54.7 Å². The summed E-state index contributed by atoms with van der Waals surface area (Å²) in [6, 6.07) is 67.3. The first-order chi connectivity index (χ1) is 29.7. The van der Waals surface area contributed by atoms with Crippen molar-refractivity contribution in [3.63, 3.8) is 0 Å². The van der Waals surface area contributed by atoms with E-state index >= 15 is 0 Å². The smallest absolute Gasteiger partial charge is 0.227 e. The molecule has 0 aliphatic rings. The molecule has 0 atom stereocenters. The molecule has 60 heavy (non-hydrogen) atoms. The van der Waals surface area contributed by atoms with Crippen molar-refractivity contribution in [3.8, 4) is 51.0 Å². The standard InChI is InChI=1S/C53H34N6O/c1-4-16-34(17-5-1)37-30-38(53-54-44-24-12-15-27-47(44)60-53)32-39(31-37)59-46-26-14-11-23-41(46)43-29-28-42-40-22-10-13-25-45(40)58(49(42)50(43)59)33-48-55-51(35-18-6-2-7-19-35)57-52(56-48)36-20-8-3-9-21-36/h1-32H,33H2. The van der Waals surface area contributed by atoms with Gasteiger partial charge in [-0.1, -0.05) is 152 Å². The minimum atomic E-state index is 0.422. The van der Waals surface area contributed by atoms with Crippen molar-refractivity contribution < 1.29 is 4.42 Å². The summed E-state index contributed by atoms with van der Waals surface area (Å²) in [6.07, 6.45) is 0. The molecule has 4 aromatic heterocycles. The van der Waals surface area contributed by atoms with E-state index in [0.717, 1.165) is 88.2 Å². The predicted octanol–water partition coefficient (Wildman–Crippen LogP) is 12.9. The fourth-order valence-electron chi connectivity index (χ4n) is 8.74. The number of nitrogens with zero attached hydrogens (tertiary/aromatic N) is 6. The van der Waals surface area contributed by atoms with Gasteiger partial charge in [0.1, 0.15) is 5.52 Å². The number of oxazole rings is 1. The van der Waals surface area contributed by atoms with Crippen LogP contribution in [0.25, 0.3) is 106 Å². The summed E-state index contributed by atoms with van der Waals surface area (Å²) in [4.78, 5) is 20.3. The molecule has 0 spiro atoms. The quantitative estimate of drug-likeness (QED) is 0.161. The number of aromatic nitrogens is 6. The molecule has 0 bridgehead atoms. The summed E-state index contributed by atoms with van der Waals surface area (Å²) in [5.74, 6) is 2.54. The van der Waals surface area contributed by atoms with Crippen molar-refractivity contribution in [3.05, 3.63) is 200 Å². The lowest BCUT2D eigenvalue weighted by molar-refractivity contribution is 0.620. The molecule has 12 aromatic rings. The van der Waals surface area contributed by atoms with Crippen LogP contribution in [-0.4, -0.2) is 29.1 Å². The summed E-state index contributed by atoms with van der Waals surface area (Å²) in [7, 11) is 0. The van der Waals surface area contributed by atoms with Gasteiger partial charge in [0.2, 0.25) is 5.89 Å². The van der Waals surface area contributed by atoms with Gasteiger partial charge in [-0.2, -0.15) is 0 Å². The molecule has 4 heterocycles. The summed E-state index contributed by atoms with van der Waals surface area (Å²) >= 11 is 0. The second-order valence-corrected chi connectivity index (χ2v) is 15.1. The molecule has 0 unspecified atom stereocenters. The highest BCUT2D eigenvalue weighted by atomic mass is 16.3. The van der Waals surface area contributed by atoms with Crippen molar-refractivity contribution in [1.29, 1.82) is 0 Å². The van der Waals surface area contributed by atoms with Gasteiger partial charge in [0.05, 0.1) is 23.1 Å². The van der Waals surface area contributed by atoms with Crippen LogP contribution in [0.2, 0.25) is 0 Å². The van der Waals surface area contributed by atoms with E-state index in [1.807, 2.05) is 60.7 Å². The van der Waals surface area contributed by atoms with E-state index in [4.69, 9.17) is 24.4 Å². The zero-order valence-electron chi connectivity index (χ0n) is 32.3. The molecule has 7 heteroatoms. The summed E-state index contributed by atoms with van der Waals surface area (Å²) in [6.45, 7) is 0.422. The molecule has 0 saturated heterocycles. The Kier molecular flexibility index (Phi) is 7.78. The third kappa shape index (κ3) is 5.59. The minimum Gasteiger partial charge on any atom is -0.436 e. The van der Waals surface area contributed by atoms with E-state index in [2.05, 4.69) is 143 Å². The van der Waals surface area contributed by atoms with Crippen LogP contribution in [0.4, 0.5) is 0 Å². The molecular formula is C53H34N6O. The first kappa shape index (κ1) is 33.9.